The van der Waals surface area contributed by atoms with Crippen molar-refractivity contribution in [2.75, 3.05) is 0 Å². The van der Waals surface area contributed by atoms with E-state index in [2.05, 4.69) is 60.7 Å². The summed E-state index contributed by atoms with van der Waals surface area (Å²) in [5.74, 6) is 0.758. The first-order chi connectivity index (χ1) is 12.8. The molecule has 26 heavy (non-hydrogen) atoms. The molecule has 1 nitrogen and oxygen atoms in total. The van der Waals surface area contributed by atoms with Gasteiger partial charge in [0, 0.05) is 0 Å². The lowest BCUT2D eigenvalue weighted by Crippen LogP contribution is -2.04. The zero-order valence-corrected chi connectivity index (χ0v) is 15.2. The molecule has 0 aromatic heterocycles. The molecule has 132 valence electrons. The molecule has 0 bridgehead atoms. The first-order valence-corrected chi connectivity index (χ1v) is 9.74. The molecular formula is C25H26O. The van der Waals surface area contributed by atoms with Crippen molar-refractivity contribution in [2.45, 2.75) is 44.6 Å². The minimum atomic E-state index is 0.0909. The van der Waals surface area contributed by atoms with Crippen LogP contribution in [0.25, 0.3) is 22.3 Å². The molecule has 1 fully saturated rings. The maximum atomic E-state index is 9.21. The van der Waals surface area contributed by atoms with Crippen molar-refractivity contribution >= 4 is 0 Å². The molecule has 0 heterocycles. The van der Waals surface area contributed by atoms with Gasteiger partial charge in [-0.25, -0.2) is 0 Å². The average molecular weight is 342 g/mol. The summed E-state index contributed by atoms with van der Waals surface area (Å²) >= 11 is 0. The lowest BCUT2D eigenvalue weighted by Gasteiger charge is -2.22. The first-order valence-electron chi connectivity index (χ1n) is 9.74. The van der Waals surface area contributed by atoms with Crippen LogP contribution in [0.3, 0.4) is 0 Å². The second kappa shape index (κ2) is 7.88. The molecule has 0 unspecified atom stereocenters. The number of hydrogen-bond acceptors (Lipinski definition) is 1. The Labute approximate surface area is 156 Å². The predicted octanol–water partition coefficient (Wildman–Crippen LogP) is 6.56. The second-order valence-corrected chi connectivity index (χ2v) is 7.39. The van der Waals surface area contributed by atoms with Crippen LogP contribution in [0.4, 0.5) is 0 Å². The second-order valence-electron chi connectivity index (χ2n) is 7.39. The molecule has 0 saturated heterocycles. The minimum absolute atomic E-state index is 0.0909. The van der Waals surface area contributed by atoms with Gasteiger partial charge in [-0.05, 0) is 58.2 Å². The highest BCUT2D eigenvalue weighted by Gasteiger charge is 2.15. The number of aliphatic hydroxyl groups is 1. The normalized spacial score (nSPS) is 15.1. The highest BCUT2D eigenvalue weighted by molar-refractivity contribution is 5.73. The molecule has 0 atom stereocenters. The third-order valence-electron chi connectivity index (χ3n) is 5.65. The Bertz CT molecular complexity index is 840. The summed E-state index contributed by atoms with van der Waals surface area (Å²) in [6.45, 7) is 0.0909. The Morgan fingerprint density at radius 2 is 1.23 bits per heavy atom. The molecular weight excluding hydrogens is 316 g/mol. The van der Waals surface area contributed by atoms with Gasteiger partial charge in [0.05, 0.1) is 6.61 Å². The van der Waals surface area contributed by atoms with E-state index in [0.29, 0.717) is 0 Å². The summed E-state index contributed by atoms with van der Waals surface area (Å²) in [4.78, 5) is 0. The fourth-order valence-corrected chi connectivity index (χ4v) is 4.06. The average Bonchev–Trinajstić information content (AvgIpc) is 2.75. The summed E-state index contributed by atoms with van der Waals surface area (Å²) in [6.07, 6.45) is 6.85. The van der Waals surface area contributed by atoms with Gasteiger partial charge in [-0.15, -0.1) is 0 Å². The molecule has 0 aliphatic heterocycles. The zero-order chi connectivity index (χ0) is 17.8. The minimum Gasteiger partial charge on any atom is -0.392 e. The van der Waals surface area contributed by atoms with Gasteiger partial charge in [0.2, 0.25) is 0 Å². The van der Waals surface area contributed by atoms with Gasteiger partial charge < -0.3 is 5.11 Å². The van der Waals surface area contributed by atoms with E-state index >= 15 is 0 Å². The van der Waals surface area contributed by atoms with Crippen molar-refractivity contribution in [3.63, 3.8) is 0 Å². The smallest absolute Gasteiger partial charge is 0.0681 e. The molecule has 3 aromatic carbocycles. The number of aliphatic hydroxyl groups excluding tert-OH is 1. The van der Waals surface area contributed by atoms with E-state index in [0.717, 1.165) is 11.5 Å². The van der Waals surface area contributed by atoms with Crippen molar-refractivity contribution < 1.29 is 5.11 Å². The molecule has 1 heteroatoms. The number of benzene rings is 3. The molecule has 0 amide bonds. The third-order valence-corrected chi connectivity index (χ3v) is 5.65. The molecule has 3 aromatic rings. The van der Waals surface area contributed by atoms with Crippen LogP contribution in [0.15, 0.2) is 72.8 Å². The van der Waals surface area contributed by atoms with Crippen LogP contribution in [0.2, 0.25) is 0 Å². The molecule has 1 N–H and O–H groups in total. The SMILES string of the molecule is OCc1ccc(-c2cccc(-c3ccc(C4CCCCC4)cc3)c2)cc1. The summed E-state index contributed by atoms with van der Waals surface area (Å²) in [6, 6.07) is 26.0. The molecule has 1 saturated carbocycles. The summed E-state index contributed by atoms with van der Waals surface area (Å²) in [5, 5.41) is 9.21. The molecule has 1 aliphatic rings. The largest absolute Gasteiger partial charge is 0.392 e. The monoisotopic (exact) mass is 342 g/mol. The summed E-state index contributed by atoms with van der Waals surface area (Å²) in [5.41, 5.74) is 7.38. The van der Waals surface area contributed by atoms with E-state index in [1.54, 1.807) is 0 Å². The van der Waals surface area contributed by atoms with E-state index in [9.17, 15) is 5.11 Å². The lowest BCUT2D eigenvalue weighted by atomic mass is 9.83. The Hall–Kier alpha value is -2.38. The van der Waals surface area contributed by atoms with E-state index in [4.69, 9.17) is 0 Å². The molecule has 1 aliphatic carbocycles. The topological polar surface area (TPSA) is 20.2 Å². The van der Waals surface area contributed by atoms with Crippen molar-refractivity contribution in [1.82, 2.24) is 0 Å². The Kier molecular flexibility index (Phi) is 5.17. The molecule has 4 rings (SSSR count). The van der Waals surface area contributed by atoms with Crippen LogP contribution >= 0.6 is 0 Å². The van der Waals surface area contributed by atoms with E-state index in [1.165, 1.54) is 59.9 Å². The van der Waals surface area contributed by atoms with Gasteiger partial charge in [0.1, 0.15) is 0 Å². The number of hydrogen-bond donors (Lipinski definition) is 1. The van der Waals surface area contributed by atoms with Crippen molar-refractivity contribution in [1.29, 1.82) is 0 Å². The summed E-state index contributed by atoms with van der Waals surface area (Å²) in [7, 11) is 0. The van der Waals surface area contributed by atoms with Crippen LogP contribution in [0.1, 0.15) is 49.1 Å². The number of rotatable bonds is 4. The van der Waals surface area contributed by atoms with E-state index in [1.807, 2.05) is 12.1 Å². The first kappa shape index (κ1) is 17.1. The fraction of sp³-hybridized carbons (Fsp3) is 0.280. The van der Waals surface area contributed by atoms with Gasteiger partial charge in [0.25, 0.3) is 0 Å². The maximum absolute atomic E-state index is 9.21. The van der Waals surface area contributed by atoms with Crippen LogP contribution in [0.5, 0.6) is 0 Å². The zero-order valence-electron chi connectivity index (χ0n) is 15.2. The standard InChI is InChI=1S/C25H26O/c26-18-19-9-11-22(12-10-19)24-7-4-8-25(17-24)23-15-13-21(14-16-23)20-5-2-1-3-6-20/h4,7-17,20,26H,1-3,5-6,18H2. The van der Waals surface area contributed by atoms with Crippen molar-refractivity contribution in [2.24, 2.45) is 0 Å². The van der Waals surface area contributed by atoms with Gasteiger partial charge >= 0.3 is 0 Å². The Morgan fingerprint density at radius 1 is 0.654 bits per heavy atom. The van der Waals surface area contributed by atoms with E-state index in [-0.39, 0.29) is 6.61 Å². The van der Waals surface area contributed by atoms with Gasteiger partial charge in [-0.3, -0.25) is 0 Å². The molecule has 0 radical (unpaired) electrons. The van der Waals surface area contributed by atoms with Crippen LogP contribution in [-0.4, -0.2) is 5.11 Å². The Balaban J connectivity index is 1.57. The van der Waals surface area contributed by atoms with Crippen LogP contribution in [0, 0.1) is 0 Å². The summed E-state index contributed by atoms with van der Waals surface area (Å²) < 4.78 is 0. The highest BCUT2D eigenvalue weighted by Crippen LogP contribution is 2.34. The van der Waals surface area contributed by atoms with Gasteiger partial charge in [0.15, 0.2) is 0 Å². The van der Waals surface area contributed by atoms with Crippen molar-refractivity contribution in [3.8, 4) is 22.3 Å². The van der Waals surface area contributed by atoms with Crippen LogP contribution in [-0.2, 0) is 6.61 Å². The highest BCUT2D eigenvalue weighted by atomic mass is 16.3. The third kappa shape index (κ3) is 3.73. The maximum Gasteiger partial charge on any atom is 0.0681 e. The van der Waals surface area contributed by atoms with E-state index < -0.39 is 0 Å². The van der Waals surface area contributed by atoms with Gasteiger partial charge in [-0.2, -0.15) is 0 Å². The predicted molar refractivity (Wildman–Crippen MR) is 109 cm³/mol. The fourth-order valence-electron chi connectivity index (χ4n) is 4.06. The lowest BCUT2D eigenvalue weighted by molar-refractivity contribution is 0.282. The van der Waals surface area contributed by atoms with Gasteiger partial charge in [-0.1, -0.05) is 86.0 Å². The van der Waals surface area contributed by atoms with Crippen LogP contribution < -0.4 is 0 Å². The quantitative estimate of drug-likeness (QED) is 0.569. The Morgan fingerprint density at radius 3 is 1.81 bits per heavy atom. The molecule has 0 spiro atoms. The van der Waals surface area contributed by atoms with Crippen molar-refractivity contribution in [3.05, 3.63) is 83.9 Å².